The summed E-state index contributed by atoms with van der Waals surface area (Å²) < 4.78 is 17.0. The van der Waals surface area contributed by atoms with Gasteiger partial charge in [0.1, 0.15) is 13.2 Å². The molecule has 0 saturated heterocycles. The monoisotopic (exact) mass is 1070 g/mol. The van der Waals surface area contributed by atoms with Crippen LogP contribution in [0.4, 0.5) is 0 Å². The van der Waals surface area contributed by atoms with E-state index in [0.29, 0.717) is 19.3 Å². The van der Waals surface area contributed by atoms with Crippen LogP contribution in [0.1, 0.15) is 387 Å². The zero-order valence-electron chi connectivity index (χ0n) is 51.6. The third kappa shape index (κ3) is 62.7. The van der Waals surface area contributed by atoms with Crippen LogP contribution >= 0.6 is 0 Å². The first-order chi connectivity index (χ1) is 37.5. The van der Waals surface area contributed by atoms with Gasteiger partial charge >= 0.3 is 17.9 Å². The van der Waals surface area contributed by atoms with Gasteiger partial charge in [-0.05, 0) is 44.9 Å². The zero-order valence-corrected chi connectivity index (χ0v) is 51.6. The van der Waals surface area contributed by atoms with Gasteiger partial charge in [-0.3, -0.25) is 14.4 Å². The highest BCUT2D eigenvalue weighted by Crippen LogP contribution is 2.19. The first kappa shape index (κ1) is 73.9. The molecule has 0 saturated carbocycles. The summed E-state index contributed by atoms with van der Waals surface area (Å²) in [6, 6.07) is 0. The van der Waals surface area contributed by atoms with Crippen molar-refractivity contribution in [2.24, 2.45) is 0 Å². The van der Waals surface area contributed by atoms with Crippen molar-refractivity contribution in [2.45, 2.75) is 393 Å². The summed E-state index contributed by atoms with van der Waals surface area (Å²) in [7, 11) is 0. The highest BCUT2D eigenvalue weighted by Gasteiger charge is 2.19. The maximum absolute atomic E-state index is 12.9. The third-order valence-corrected chi connectivity index (χ3v) is 15.7. The smallest absolute Gasteiger partial charge is 0.306 e. The first-order valence-electron chi connectivity index (χ1n) is 34.3. The van der Waals surface area contributed by atoms with Gasteiger partial charge < -0.3 is 14.2 Å². The molecule has 0 spiro atoms. The average molecular weight is 1070 g/mol. The minimum atomic E-state index is -0.773. The molecule has 0 rings (SSSR count). The molecule has 0 aliphatic heterocycles. The molecule has 0 N–H and O–H groups in total. The van der Waals surface area contributed by atoms with Gasteiger partial charge in [0.25, 0.3) is 0 Å². The summed E-state index contributed by atoms with van der Waals surface area (Å²) in [4.78, 5) is 38.4. The number of unbranched alkanes of at least 4 members (excludes halogenated alkanes) is 49. The molecular formula is C70H132O6. The fourth-order valence-corrected chi connectivity index (χ4v) is 10.5. The minimum Gasteiger partial charge on any atom is -0.462 e. The topological polar surface area (TPSA) is 78.9 Å². The van der Waals surface area contributed by atoms with E-state index in [4.69, 9.17) is 14.2 Å². The minimum absolute atomic E-state index is 0.0694. The number of carbonyl (C=O) groups is 3. The van der Waals surface area contributed by atoms with Crippen LogP contribution in [0.3, 0.4) is 0 Å². The van der Waals surface area contributed by atoms with Crippen LogP contribution in [0, 0.1) is 0 Å². The fraction of sp³-hybridized carbons (Fsp3) is 0.900. The predicted octanol–water partition coefficient (Wildman–Crippen LogP) is 23.4. The fourth-order valence-electron chi connectivity index (χ4n) is 10.5. The summed E-state index contributed by atoms with van der Waals surface area (Å²) in [6.45, 7) is 6.67. The van der Waals surface area contributed by atoms with Crippen LogP contribution in [0.25, 0.3) is 0 Å². The second-order valence-electron chi connectivity index (χ2n) is 23.5. The second-order valence-corrected chi connectivity index (χ2v) is 23.5. The van der Waals surface area contributed by atoms with Gasteiger partial charge in [-0.15, -0.1) is 0 Å². The SMILES string of the molecule is CCCC/C=C\C/C=C\CCCCCCCC(=O)OCC(COC(=O)CCCCCCCCCCCCCCCCCCCCCCCCCCCC)OC(=O)CCCCCCCCCCCCCCCCCCCC. The Balaban J connectivity index is 4.21. The van der Waals surface area contributed by atoms with Crippen molar-refractivity contribution in [3.8, 4) is 0 Å². The summed E-state index contributed by atoms with van der Waals surface area (Å²) in [6.07, 6.45) is 79.2. The van der Waals surface area contributed by atoms with Crippen LogP contribution in [0.2, 0.25) is 0 Å². The lowest BCUT2D eigenvalue weighted by molar-refractivity contribution is -0.167. The quantitative estimate of drug-likeness (QED) is 0.0261. The first-order valence-corrected chi connectivity index (χ1v) is 34.3. The molecule has 6 heteroatoms. The Labute approximate surface area is 474 Å². The Hall–Kier alpha value is -2.11. The summed E-state index contributed by atoms with van der Waals surface area (Å²) in [5.74, 6) is -0.853. The number of rotatable bonds is 64. The standard InChI is InChI=1S/C70H132O6/c1-4-7-10-13-16-19-22-25-28-30-32-33-34-35-36-37-38-39-41-42-45-48-51-54-57-60-63-69(72)75-66-67(65-74-68(71)62-59-56-53-50-47-44-27-24-21-18-15-12-9-6-3)76-70(73)64-61-58-55-52-49-46-43-40-31-29-26-23-20-17-14-11-8-5-2/h15,18,24,27,67H,4-14,16-17,19-23,25-26,28-66H2,1-3H3/b18-15-,27-24-. The second kappa shape index (κ2) is 65.4. The number of esters is 3. The molecule has 0 fully saturated rings. The van der Waals surface area contributed by atoms with Gasteiger partial charge in [0.2, 0.25) is 0 Å². The van der Waals surface area contributed by atoms with Crippen molar-refractivity contribution >= 4 is 17.9 Å². The molecule has 0 aromatic rings. The van der Waals surface area contributed by atoms with Crippen LogP contribution in [-0.4, -0.2) is 37.2 Å². The molecule has 76 heavy (non-hydrogen) atoms. The molecule has 0 aromatic heterocycles. The Bertz CT molecular complexity index is 1230. The van der Waals surface area contributed by atoms with Gasteiger partial charge in [0.15, 0.2) is 6.10 Å². The van der Waals surface area contributed by atoms with E-state index in [1.165, 1.54) is 270 Å². The molecule has 6 nitrogen and oxygen atoms in total. The lowest BCUT2D eigenvalue weighted by atomic mass is 10.0. The van der Waals surface area contributed by atoms with Crippen molar-refractivity contribution < 1.29 is 28.6 Å². The van der Waals surface area contributed by atoms with Crippen LogP contribution < -0.4 is 0 Å². The van der Waals surface area contributed by atoms with Gasteiger partial charge in [-0.25, -0.2) is 0 Å². The average Bonchev–Trinajstić information content (AvgIpc) is 3.42. The molecular weight excluding hydrogens is 937 g/mol. The molecule has 0 aliphatic rings. The van der Waals surface area contributed by atoms with Crippen LogP contribution in [0.5, 0.6) is 0 Å². The molecule has 0 amide bonds. The molecule has 0 aromatic carbocycles. The van der Waals surface area contributed by atoms with Crippen molar-refractivity contribution in [3.63, 3.8) is 0 Å². The van der Waals surface area contributed by atoms with E-state index < -0.39 is 6.10 Å². The van der Waals surface area contributed by atoms with Crippen molar-refractivity contribution in [3.05, 3.63) is 24.3 Å². The van der Waals surface area contributed by atoms with E-state index in [1.54, 1.807) is 0 Å². The Morgan fingerprint density at radius 3 is 0.763 bits per heavy atom. The summed E-state index contributed by atoms with van der Waals surface area (Å²) in [5.41, 5.74) is 0. The molecule has 1 atom stereocenters. The van der Waals surface area contributed by atoms with Gasteiger partial charge in [-0.1, -0.05) is 347 Å². The van der Waals surface area contributed by atoms with E-state index in [2.05, 4.69) is 45.1 Å². The largest absolute Gasteiger partial charge is 0.462 e. The number of allylic oxidation sites excluding steroid dienone is 4. The number of carbonyl (C=O) groups excluding carboxylic acids is 3. The van der Waals surface area contributed by atoms with Gasteiger partial charge in [0, 0.05) is 19.3 Å². The van der Waals surface area contributed by atoms with E-state index in [9.17, 15) is 14.4 Å². The lowest BCUT2D eigenvalue weighted by Gasteiger charge is -2.18. The number of hydrogen-bond donors (Lipinski definition) is 0. The third-order valence-electron chi connectivity index (χ3n) is 15.7. The Morgan fingerprint density at radius 1 is 0.263 bits per heavy atom. The predicted molar refractivity (Wildman–Crippen MR) is 330 cm³/mol. The van der Waals surface area contributed by atoms with Crippen LogP contribution in [0.15, 0.2) is 24.3 Å². The van der Waals surface area contributed by atoms with Crippen molar-refractivity contribution in [2.75, 3.05) is 13.2 Å². The van der Waals surface area contributed by atoms with Crippen molar-refractivity contribution in [1.29, 1.82) is 0 Å². The number of hydrogen-bond acceptors (Lipinski definition) is 6. The highest BCUT2D eigenvalue weighted by molar-refractivity contribution is 5.71. The van der Waals surface area contributed by atoms with Gasteiger partial charge in [0.05, 0.1) is 0 Å². The van der Waals surface area contributed by atoms with Crippen molar-refractivity contribution in [1.82, 2.24) is 0 Å². The van der Waals surface area contributed by atoms with E-state index in [0.717, 1.165) is 77.0 Å². The molecule has 0 radical (unpaired) electrons. The highest BCUT2D eigenvalue weighted by atomic mass is 16.6. The maximum atomic E-state index is 12.9. The number of ether oxygens (including phenoxy) is 3. The van der Waals surface area contributed by atoms with E-state index in [1.807, 2.05) is 0 Å². The Kier molecular flexibility index (Phi) is 63.6. The Morgan fingerprint density at radius 2 is 0.487 bits per heavy atom. The molecule has 1 unspecified atom stereocenters. The summed E-state index contributed by atoms with van der Waals surface area (Å²) in [5, 5.41) is 0. The van der Waals surface area contributed by atoms with E-state index >= 15 is 0 Å². The summed E-state index contributed by atoms with van der Waals surface area (Å²) >= 11 is 0. The normalized spacial score (nSPS) is 12.1. The molecule has 0 aliphatic carbocycles. The van der Waals surface area contributed by atoms with Gasteiger partial charge in [-0.2, -0.15) is 0 Å². The van der Waals surface area contributed by atoms with Crippen LogP contribution in [-0.2, 0) is 28.6 Å². The lowest BCUT2D eigenvalue weighted by Crippen LogP contribution is -2.30. The molecule has 448 valence electrons. The maximum Gasteiger partial charge on any atom is 0.306 e. The molecule has 0 heterocycles. The molecule has 0 bridgehead atoms. The van der Waals surface area contributed by atoms with E-state index in [-0.39, 0.29) is 31.1 Å². The zero-order chi connectivity index (χ0) is 55.0.